The smallest absolute Gasteiger partial charge is 0.149 e. The molecule has 0 spiro atoms. The maximum Gasteiger partial charge on any atom is 0.149 e. The van der Waals surface area contributed by atoms with Crippen LogP contribution in [0.3, 0.4) is 0 Å². The van der Waals surface area contributed by atoms with Crippen LogP contribution >= 0.6 is 0 Å². The monoisotopic (exact) mass is 799 g/mol. The lowest BCUT2D eigenvalue weighted by Gasteiger charge is -2.28. The number of benzene rings is 6. The zero-order valence-electron chi connectivity index (χ0n) is 37.6. The standard InChI is InChI=1S/C57H57N3O/c1-54(2,3)38-27-28-49(42(30-38)35-19-13-12-14-20-35)60-50-26-18-24-40(51(50)59-53(60)43-31-39(55(4,5)6)32-47(52(43)61)56(7,8)9)36-21-17-22-37(29-36)48-33-46-44(34-58-48)41-23-15-16-25-45(41)57(46,10)11/h12-34,61H,1-11H3. The Labute approximate surface area is 362 Å². The van der Waals surface area contributed by atoms with E-state index >= 15 is 0 Å². The minimum absolute atomic E-state index is 0.0611. The van der Waals surface area contributed by atoms with Gasteiger partial charge in [-0.25, -0.2) is 4.98 Å². The highest BCUT2D eigenvalue weighted by Crippen LogP contribution is 2.50. The van der Waals surface area contributed by atoms with Crippen molar-refractivity contribution in [1.82, 2.24) is 14.5 Å². The predicted molar refractivity (Wildman–Crippen MR) is 256 cm³/mol. The molecule has 1 aliphatic carbocycles. The van der Waals surface area contributed by atoms with Gasteiger partial charge >= 0.3 is 0 Å². The molecular weight excluding hydrogens is 743 g/mol. The van der Waals surface area contributed by atoms with Gasteiger partial charge in [-0.05, 0) is 91.6 Å². The molecule has 0 atom stereocenters. The summed E-state index contributed by atoms with van der Waals surface area (Å²) in [5.74, 6) is 0.969. The first-order valence-electron chi connectivity index (χ1n) is 21.6. The van der Waals surface area contributed by atoms with Crippen molar-refractivity contribution < 1.29 is 5.11 Å². The van der Waals surface area contributed by atoms with Crippen molar-refractivity contribution in [3.63, 3.8) is 0 Å². The van der Waals surface area contributed by atoms with Crippen LogP contribution in [0.1, 0.15) is 104 Å². The van der Waals surface area contributed by atoms with E-state index in [0.29, 0.717) is 5.82 Å². The summed E-state index contributed by atoms with van der Waals surface area (Å²) < 4.78 is 2.28. The van der Waals surface area contributed by atoms with Gasteiger partial charge in [0, 0.05) is 39.4 Å². The third kappa shape index (κ3) is 6.87. The van der Waals surface area contributed by atoms with Crippen molar-refractivity contribution in [2.75, 3.05) is 0 Å². The number of para-hydroxylation sites is 1. The molecule has 0 saturated carbocycles. The van der Waals surface area contributed by atoms with Crippen molar-refractivity contribution in [2.45, 2.75) is 97.8 Å². The van der Waals surface area contributed by atoms with E-state index in [-0.39, 0.29) is 27.4 Å². The number of phenols is 1. The molecule has 61 heavy (non-hydrogen) atoms. The Morgan fingerprint density at radius 1 is 0.508 bits per heavy atom. The molecule has 1 aliphatic rings. The summed E-state index contributed by atoms with van der Waals surface area (Å²) >= 11 is 0. The number of hydrogen-bond acceptors (Lipinski definition) is 3. The van der Waals surface area contributed by atoms with Gasteiger partial charge < -0.3 is 5.11 Å². The van der Waals surface area contributed by atoms with Gasteiger partial charge in [0.25, 0.3) is 0 Å². The molecule has 2 aromatic heterocycles. The molecule has 0 saturated heterocycles. The summed E-state index contributed by atoms with van der Waals surface area (Å²) in [6, 6.07) is 48.0. The molecule has 2 heterocycles. The van der Waals surface area contributed by atoms with Crippen molar-refractivity contribution in [3.05, 3.63) is 167 Å². The molecule has 0 amide bonds. The van der Waals surface area contributed by atoms with Crippen LogP contribution in [-0.4, -0.2) is 19.6 Å². The largest absolute Gasteiger partial charge is 0.507 e. The van der Waals surface area contributed by atoms with Gasteiger partial charge in [0.15, 0.2) is 0 Å². The number of aromatic hydroxyl groups is 1. The first kappa shape index (κ1) is 40.2. The quantitative estimate of drug-likeness (QED) is 0.189. The highest BCUT2D eigenvalue weighted by Gasteiger charge is 2.36. The number of phenolic OH excluding ortho intramolecular Hbond substituents is 1. The van der Waals surface area contributed by atoms with Crippen LogP contribution in [0.25, 0.3) is 72.7 Å². The van der Waals surface area contributed by atoms with Crippen molar-refractivity contribution in [1.29, 1.82) is 0 Å². The third-order valence-corrected chi connectivity index (χ3v) is 12.8. The molecule has 0 fully saturated rings. The van der Waals surface area contributed by atoms with E-state index in [1.54, 1.807) is 0 Å². The molecule has 0 bridgehead atoms. The Bertz CT molecular complexity index is 3000. The molecular formula is C57H57N3O. The lowest BCUT2D eigenvalue weighted by molar-refractivity contribution is 0.446. The van der Waals surface area contributed by atoms with Crippen LogP contribution in [0.2, 0.25) is 0 Å². The minimum Gasteiger partial charge on any atom is -0.507 e. The molecule has 1 N–H and O–H groups in total. The molecule has 0 radical (unpaired) electrons. The highest BCUT2D eigenvalue weighted by molar-refractivity contribution is 5.98. The molecule has 8 aromatic rings. The molecule has 6 aromatic carbocycles. The number of fused-ring (bicyclic) bond motifs is 4. The van der Waals surface area contributed by atoms with Gasteiger partial charge in [0.1, 0.15) is 11.6 Å². The molecule has 4 nitrogen and oxygen atoms in total. The third-order valence-electron chi connectivity index (χ3n) is 12.8. The number of rotatable bonds is 5. The fourth-order valence-electron chi connectivity index (χ4n) is 9.21. The van der Waals surface area contributed by atoms with Crippen LogP contribution < -0.4 is 0 Å². The second-order valence-corrected chi connectivity index (χ2v) is 20.6. The fourth-order valence-corrected chi connectivity index (χ4v) is 9.21. The lowest BCUT2D eigenvalue weighted by atomic mass is 9.79. The summed E-state index contributed by atoms with van der Waals surface area (Å²) in [7, 11) is 0. The first-order chi connectivity index (χ1) is 28.8. The predicted octanol–water partition coefficient (Wildman–Crippen LogP) is 15.0. The zero-order chi connectivity index (χ0) is 43.2. The van der Waals surface area contributed by atoms with Gasteiger partial charge in [-0.2, -0.15) is 0 Å². The second kappa shape index (κ2) is 14.2. The van der Waals surface area contributed by atoms with Crippen LogP contribution in [0, 0.1) is 0 Å². The number of hydrogen-bond donors (Lipinski definition) is 1. The van der Waals surface area contributed by atoms with Gasteiger partial charge in [-0.3, -0.25) is 9.55 Å². The average Bonchev–Trinajstić information content (AvgIpc) is 3.72. The average molecular weight is 800 g/mol. The van der Waals surface area contributed by atoms with Crippen molar-refractivity contribution >= 4 is 11.0 Å². The second-order valence-electron chi connectivity index (χ2n) is 20.6. The van der Waals surface area contributed by atoms with Crippen molar-refractivity contribution in [3.8, 4) is 67.5 Å². The lowest BCUT2D eigenvalue weighted by Crippen LogP contribution is -2.17. The van der Waals surface area contributed by atoms with E-state index in [2.05, 4.69) is 220 Å². The minimum atomic E-state index is -0.310. The Morgan fingerprint density at radius 3 is 1.87 bits per heavy atom. The molecule has 0 aliphatic heterocycles. The Kier molecular flexibility index (Phi) is 9.32. The van der Waals surface area contributed by atoms with Crippen molar-refractivity contribution in [2.24, 2.45) is 0 Å². The number of aromatic nitrogens is 3. The van der Waals surface area contributed by atoms with Crippen LogP contribution in [-0.2, 0) is 21.7 Å². The fraction of sp³-hybridized carbons (Fsp3) is 0.263. The SMILES string of the molecule is CC(C)(C)c1ccc(-n2c(-c3cc(C(C)(C)C)cc(C(C)(C)C)c3O)nc3c(-c4cccc(-c5cc6c(cn5)-c5ccccc5C6(C)C)c4)cccc32)c(-c2ccccc2)c1. The Hall–Kier alpha value is -6.26. The number of nitrogens with zero attached hydrogens (tertiary/aromatic N) is 3. The van der Waals surface area contributed by atoms with E-state index in [4.69, 9.17) is 9.97 Å². The molecule has 0 unspecified atom stereocenters. The Morgan fingerprint density at radius 2 is 1.15 bits per heavy atom. The van der Waals surface area contributed by atoms with E-state index in [0.717, 1.165) is 66.9 Å². The molecule has 306 valence electrons. The van der Waals surface area contributed by atoms with Gasteiger partial charge in [-0.15, -0.1) is 0 Å². The van der Waals surface area contributed by atoms with E-state index in [1.165, 1.54) is 27.8 Å². The van der Waals surface area contributed by atoms with E-state index in [9.17, 15) is 5.11 Å². The van der Waals surface area contributed by atoms with E-state index in [1.807, 2.05) is 0 Å². The summed E-state index contributed by atoms with van der Waals surface area (Å²) in [6.45, 7) is 24.6. The van der Waals surface area contributed by atoms with Crippen LogP contribution in [0.4, 0.5) is 0 Å². The number of imidazole rings is 1. The van der Waals surface area contributed by atoms with Gasteiger partial charge in [0.05, 0.1) is 28.0 Å². The first-order valence-corrected chi connectivity index (χ1v) is 21.6. The molecule has 9 rings (SSSR count). The number of pyridine rings is 1. The Balaban J connectivity index is 1.30. The normalized spacial score (nSPS) is 13.7. The summed E-state index contributed by atoms with van der Waals surface area (Å²) in [5.41, 5.74) is 17.6. The zero-order valence-corrected chi connectivity index (χ0v) is 37.6. The van der Waals surface area contributed by atoms with Crippen LogP contribution in [0.15, 0.2) is 140 Å². The molecule has 4 heteroatoms. The summed E-state index contributed by atoms with van der Waals surface area (Å²) in [6.07, 6.45) is 2.05. The highest BCUT2D eigenvalue weighted by atomic mass is 16.3. The van der Waals surface area contributed by atoms with E-state index < -0.39 is 0 Å². The maximum absolute atomic E-state index is 12.5. The van der Waals surface area contributed by atoms with Gasteiger partial charge in [-0.1, -0.05) is 173 Å². The van der Waals surface area contributed by atoms with Gasteiger partial charge in [0.2, 0.25) is 0 Å². The summed E-state index contributed by atoms with van der Waals surface area (Å²) in [4.78, 5) is 10.7. The topological polar surface area (TPSA) is 50.9 Å². The summed E-state index contributed by atoms with van der Waals surface area (Å²) in [5, 5.41) is 12.5. The van der Waals surface area contributed by atoms with Crippen LogP contribution in [0.5, 0.6) is 5.75 Å². The maximum atomic E-state index is 12.5.